The van der Waals surface area contributed by atoms with Crippen LogP contribution in [0.1, 0.15) is 57.8 Å². The molecular formula is C14H22N2O2. The predicted octanol–water partition coefficient (Wildman–Crippen LogP) is 2.34. The average Bonchev–Trinajstić information content (AvgIpc) is 2.66. The zero-order valence-corrected chi connectivity index (χ0v) is 10.8. The van der Waals surface area contributed by atoms with Crippen LogP contribution in [-0.4, -0.2) is 17.5 Å². The van der Waals surface area contributed by atoms with E-state index in [0.29, 0.717) is 11.8 Å². The molecule has 1 spiro atoms. The van der Waals surface area contributed by atoms with Crippen molar-refractivity contribution < 1.29 is 9.59 Å². The Bertz CT molecular complexity index is 363. The van der Waals surface area contributed by atoms with Gasteiger partial charge in [-0.25, -0.2) is 4.79 Å². The topological polar surface area (TPSA) is 58.2 Å². The van der Waals surface area contributed by atoms with Crippen molar-refractivity contribution in [2.45, 2.75) is 63.3 Å². The number of amides is 3. The van der Waals surface area contributed by atoms with Crippen LogP contribution in [0.3, 0.4) is 0 Å². The highest BCUT2D eigenvalue weighted by molar-refractivity contribution is 6.07. The van der Waals surface area contributed by atoms with Gasteiger partial charge in [-0.2, -0.15) is 0 Å². The highest BCUT2D eigenvalue weighted by atomic mass is 16.2. The zero-order chi connectivity index (χ0) is 12.6. The molecule has 1 heterocycles. The number of hydrogen-bond donors (Lipinski definition) is 2. The molecule has 0 bridgehead atoms. The Morgan fingerprint density at radius 1 is 0.944 bits per heavy atom. The maximum absolute atomic E-state index is 12.2. The normalized spacial score (nSPS) is 37.7. The smallest absolute Gasteiger partial charge is 0.322 e. The fraction of sp³-hybridized carbons (Fsp3) is 0.857. The third kappa shape index (κ3) is 1.82. The molecule has 2 atom stereocenters. The van der Waals surface area contributed by atoms with Gasteiger partial charge in [0.25, 0.3) is 5.91 Å². The Balaban J connectivity index is 1.85. The summed E-state index contributed by atoms with van der Waals surface area (Å²) in [5.41, 5.74) is -0.572. The number of hydrogen-bond acceptors (Lipinski definition) is 2. The Hall–Kier alpha value is -1.06. The summed E-state index contributed by atoms with van der Waals surface area (Å²) in [6.45, 7) is 0. The molecule has 0 aromatic rings. The van der Waals surface area contributed by atoms with Crippen molar-refractivity contribution in [3.63, 3.8) is 0 Å². The van der Waals surface area contributed by atoms with E-state index >= 15 is 0 Å². The first-order chi connectivity index (χ1) is 8.72. The van der Waals surface area contributed by atoms with E-state index in [-0.39, 0.29) is 11.9 Å². The average molecular weight is 250 g/mol. The van der Waals surface area contributed by atoms with Crippen molar-refractivity contribution in [3.05, 3.63) is 0 Å². The molecule has 4 nitrogen and oxygen atoms in total. The number of carbonyl (C=O) groups excluding carboxylic acids is 2. The molecule has 1 saturated heterocycles. The van der Waals surface area contributed by atoms with Crippen LogP contribution in [0.5, 0.6) is 0 Å². The molecule has 100 valence electrons. The molecule has 3 aliphatic rings. The summed E-state index contributed by atoms with van der Waals surface area (Å²) >= 11 is 0. The lowest BCUT2D eigenvalue weighted by molar-refractivity contribution is -0.128. The summed E-state index contributed by atoms with van der Waals surface area (Å²) in [5.74, 6) is 0.920. The van der Waals surface area contributed by atoms with Gasteiger partial charge >= 0.3 is 6.03 Å². The van der Waals surface area contributed by atoms with Gasteiger partial charge in [0.15, 0.2) is 0 Å². The molecule has 2 saturated carbocycles. The third-order valence-corrected chi connectivity index (χ3v) is 5.16. The highest BCUT2D eigenvalue weighted by Gasteiger charge is 2.54. The molecule has 0 aromatic heterocycles. The van der Waals surface area contributed by atoms with Gasteiger partial charge < -0.3 is 5.32 Å². The summed E-state index contributed by atoms with van der Waals surface area (Å²) < 4.78 is 0. The van der Waals surface area contributed by atoms with Crippen molar-refractivity contribution in [2.24, 2.45) is 11.8 Å². The number of rotatable bonds is 1. The van der Waals surface area contributed by atoms with Crippen LogP contribution >= 0.6 is 0 Å². The maximum Gasteiger partial charge on any atom is 0.322 e. The molecule has 3 amide bonds. The van der Waals surface area contributed by atoms with Gasteiger partial charge in [-0.1, -0.05) is 44.9 Å². The fourth-order valence-corrected chi connectivity index (χ4v) is 4.32. The van der Waals surface area contributed by atoms with Crippen LogP contribution < -0.4 is 10.6 Å². The lowest BCUT2D eigenvalue weighted by Crippen LogP contribution is -2.57. The van der Waals surface area contributed by atoms with Gasteiger partial charge in [0.05, 0.1) is 0 Å². The van der Waals surface area contributed by atoms with Gasteiger partial charge in [-0.15, -0.1) is 0 Å². The second kappa shape index (κ2) is 4.56. The van der Waals surface area contributed by atoms with E-state index in [1.54, 1.807) is 0 Å². The van der Waals surface area contributed by atoms with Crippen molar-refractivity contribution in [1.29, 1.82) is 0 Å². The first kappa shape index (κ1) is 12.0. The second-order valence-electron chi connectivity index (χ2n) is 6.13. The minimum absolute atomic E-state index is 0.0669. The number of urea groups is 1. The lowest BCUT2D eigenvalue weighted by Gasteiger charge is -2.44. The summed E-state index contributed by atoms with van der Waals surface area (Å²) in [7, 11) is 0. The molecule has 18 heavy (non-hydrogen) atoms. The minimum atomic E-state index is -0.572. The molecule has 0 radical (unpaired) electrons. The minimum Gasteiger partial charge on any atom is -0.323 e. The third-order valence-electron chi connectivity index (χ3n) is 5.16. The molecule has 0 unspecified atom stereocenters. The molecule has 1 aliphatic heterocycles. The van der Waals surface area contributed by atoms with Gasteiger partial charge in [0.2, 0.25) is 0 Å². The fourth-order valence-electron chi connectivity index (χ4n) is 4.32. The van der Waals surface area contributed by atoms with Crippen LogP contribution in [-0.2, 0) is 4.79 Å². The summed E-state index contributed by atoms with van der Waals surface area (Å²) in [6, 6.07) is -0.289. The quantitative estimate of drug-likeness (QED) is 0.702. The molecule has 0 aromatic carbocycles. The molecule has 4 heteroatoms. The Labute approximate surface area is 108 Å². The molecule has 3 fully saturated rings. The summed E-state index contributed by atoms with van der Waals surface area (Å²) in [5, 5.41) is 5.42. The largest absolute Gasteiger partial charge is 0.323 e. The molecule has 3 rings (SSSR count). The van der Waals surface area contributed by atoms with E-state index in [2.05, 4.69) is 10.6 Å². The van der Waals surface area contributed by atoms with Gasteiger partial charge in [0, 0.05) is 0 Å². The van der Waals surface area contributed by atoms with E-state index < -0.39 is 5.54 Å². The second-order valence-corrected chi connectivity index (χ2v) is 6.13. The Morgan fingerprint density at radius 2 is 1.67 bits per heavy atom. The number of nitrogens with one attached hydrogen (secondary N) is 2. The number of carbonyl (C=O) groups is 2. The molecule has 2 N–H and O–H groups in total. The maximum atomic E-state index is 12.2. The Kier molecular flexibility index (Phi) is 3.04. The molecule has 2 aliphatic carbocycles. The van der Waals surface area contributed by atoms with Gasteiger partial charge in [-0.05, 0) is 24.7 Å². The summed E-state index contributed by atoms with van der Waals surface area (Å²) in [4.78, 5) is 23.7. The van der Waals surface area contributed by atoms with E-state index in [0.717, 1.165) is 19.3 Å². The van der Waals surface area contributed by atoms with Crippen LogP contribution in [0.2, 0.25) is 0 Å². The van der Waals surface area contributed by atoms with Crippen molar-refractivity contribution in [1.82, 2.24) is 10.6 Å². The van der Waals surface area contributed by atoms with E-state index in [9.17, 15) is 9.59 Å². The molecular weight excluding hydrogens is 228 g/mol. The Morgan fingerprint density at radius 3 is 2.33 bits per heavy atom. The summed E-state index contributed by atoms with van der Waals surface area (Å²) in [6.07, 6.45) is 10.5. The predicted molar refractivity (Wildman–Crippen MR) is 67.9 cm³/mol. The van der Waals surface area contributed by atoms with Crippen LogP contribution in [0, 0.1) is 11.8 Å². The van der Waals surface area contributed by atoms with E-state index in [1.165, 1.54) is 38.5 Å². The SMILES string of the molecule is O=C1NC(=O)[C@@]2(CCCC[C@@H]2C2CCCCC2)N1. The highest BCUT2D eigenvalue weighted by Crippen LogP contribution is 2.44. The van der Waals surface area contributed by atoms with Gasteiger partial charge in [0.1, 0.15) is 5.54 Å². The zero-order valence-electron chi connectivity index (χ0n) is 10.8. The van der Waals surface area contributed by atoms with Crippen LogP contribution in [0.15, 0.2) is 0 Å². The first-order valence-corrected chi connectivity index (χ1v) is 7.36. The van der Waals surface area contributed by atoms with Gasteiger partial charge in [-0.3, -0.25) is 10.1 Å². The first-order valence-electron chi connectivity index (χ1n) is 7.36. The van der Waals surface area contributed by atoms with Crippen molar-refractivity contribution in [2.75, 3.05) is 0 Å². The van der Waals surface area contributed by atoms with Crippen molar-refractivity contribution >= 4 is 11.9 Å². The monoisotopic (exact) mass is 250 g/mol. The standard InChI is InChI=1S/C14H22N2O2/c17-12-14(16-13(18)15-12)9-5-4-8-11(14)10-6-2-1-3-7-10/h10-11H,1-9H2,(H2,15,16,17,18)/t11-,14+/m1/s1. The lowest BCUT2D eigenvalue weighted by atomic mass is 9.64. The van der Waals surface area contributed by atoms with E-state index in [4.69, 9.17) is 0 Å². The number of imide groups is 1. The van der Waals surface area contributed by atoms with E-state index in [1.807, 2.05) is 0 Å². The van der Waals surface area contributed by atoms with Crippen LogP contribution in [0.25, 0.3) is 0 Å². The van der Waals surface area contributed by atoms with Crippen LogP contribution in [0.4, 0.5) is 4.79 Å². The van der Waals surface area contributed by atoms with Crippen molar-refractivity contribution in [3.8, 4) is 0 Å².